The Labute approximate surface area is 211 Å². The molecule has 0 aliphatic heterocycles. The first-order valence-corrected chi connectivity index (χ1v) is 12.0. The monoisotopic (exact) mass is 504 g/mol. The van der Waals surface area contributed by atoms with E-state index in [-0.39, 0.29) is 17.0 Å². The van der Waals surface area contributed by atoms with Gasteiger partial charge in [0.05, 0.1) is 21.5 Å². The number of halogens is 1. The Morgan fingerprint density at radius 2 is 1.54 bits per heavy atom. The van der Waals surface area contributed by atoms with Gasteiger partial charge in [-0.3, -0.25) is 9.59 Å². The highest BCUT2D eigenvalue weighted by atomic mass is 35.5. The number of carboxylic acids is 1. The van der Waals surface area contributed by atoms with Gasteiger partial charge in [-0.2, -0.15) is 0 Å². The zero-order valence-corrected chi connectivity index (χ0v) is 20.2. The molecule has 6 nitrogen and oxygen atoms in total. The smallest absolute Gasteiger partial charge is 0.336 e. The summed E-state index contributed by atoms with van der Waals surface area (Å²) in [7, 11) is 0. The lowest BCUT2D eigenvalue weighted by Gasteiger charge is -2.14. The average molecular weight is 505 g/mol. The molecular formula is C27H21ClN2O4S. The van der Waals surface area contributed by atoms with E-state index in [4.69, 9.17) is 11.6 Å². The number of amides is 2. The van der Waals surface area contributed by atoms with Crippen LogP contribution in [0.5, 0.6) is 0 Å². The van der Waals surface area contributed by atoms with Crippen LogP contribution in [-0.4, -0.2) is 28.1 Å². The van der Waals surface area contributed by atoms with Crippen LogP contribution in [-0.2, 0) is 4.79 Å². The second-order valence-electron chi connectivity index (χ2n) is 7.73. The summed E-state index contributed by atoms with van der Waals surface area (Å²) in [6, 6.07) is 24.1. The molecule has 0 spiro atoms. The van der Waals surface area contributed by atoms with Crippen molar-refractivity contribution >= 4 is 63.3 Å². The van der Waals surface area contributed by atoms with Gasteiger partial charge in [0.2, 0.25) is 5.91 Å². The maximum absolute atomic E-state index is 13.1. The predicted octanol–water partition coefficient (Wildman–Crippen LogP) is 6.56. The number of carbonyl (C=O) groups excluding carboxylic acids is 2. The summed E-state index contributed by atoms with van der Waals surface area (Å²) < 4.78 is 0. The fourth-order valence-electron chi connectivity index (χ4n) is 3.61. The number of fused-ring (bicyclic) bond motifs is 1. The number of hydrogen-bond acceptors (Lipinski definition) is 4. The van der Waals surface area contributed by atoms with E-state index in [2.05, 4.69) is 10.6 Å². The van der Waals surface area contributed by atoms with E-state index in [1.807, 2.05) is 6.07 Å². The van der Waals surface area contributed by atoms with Crippen molar-refractivity contribution < 1.29 is 19.5 Å². The molecule has 4 aromatic rings. The minimum absolute atomic E-state index is 0.0657. The van der Waals surface area contributed by atoms with E-state index in [0.717, 1.165) is 4.90 Å². The normalized spacial score (nSPS) is 11.6. The van der Waals surface area contributed by atoms with Gasteiger partial charge in [-0.05, 0) is 54.8 Å². The lowest BCUT2D eigenvalue weighted by atomic mass is 9.98. The lowest BCUT2D eigenvalue weighted by Crippen LogP contribution is -2.22. The van der Waals surface area contributed by atoms with Crippen LogP contribution in [0.3, 0.4) is 0 Å². The van der Waals surface area contributed by atoms with Crippen molar-refractivity contribution in [3.8, 4) is 0 Å². The maximum Gasteiger partial charge on any atom is 0.336 e. The van der Waals surface area contributed by atoms with Gasteiger partial charge in [0.25, 0.3) is 5.91 Å². The van der Waals surface area contributed by atoms with Crippen LogP contribution in [0.2, 0.25) is 5.02 Å². The fraction of sp³-hybridized carbons (Fsp3) is 0.0741. The number of carbonyl (C=O) groups is 3. The molecule has 0 heterocycles. The van der Waals surface area contributed by atoms with Crippen LogP contribution in [0.1, 0.15) is 27.6 Å². The summed E-state index contributed by atoms with van der Waals surface area (Å²) in [6.45, 7) is 1.78. The van der Waals surface area contributed by atoms with Gasteiger partial charge >= 0.3 is 5.97 Å². The first-order valence-electron chi connectivity index (χ1n) is 10.7. The van der Waals surface area contributed by atoms with Crippen molar-refractivity contribution in [3.05, 3.63) is 101 Å². The molecule has 0 saturated carbocycles. The van der Waals surface area contributed by atoms with Crippen LogP contribution >= 0.6 is 23.4 Å². The van der Waals surface area contributed by atoms with E-state index in [1.54, 1.807) is 79.7 Å². The third-order valence-electron chi connectivity index (χ3n) is 5.29. The number of para-hydroxylation sites is 1. The van der Waals surface area contributed by atoms with Gasteiger partial charge in [-0.1, -0.05) is 54.1 Å². The Morgan fingerprint density at radius 1 is 0.857 bits per heavy atom. The first kappa shape index (κ1) is 24.3. The van der Waals surface area contributed by atoms with Gasteiger partial charge in [0.15, 0.2) is 0 Å². The summed E-state index contributed by atoms with van der Waals surface area (Å²) in [6.07, 6.45) is 0. The Balaban J connectivity index is 1.50. The predicted molar refractivity (Wildman–Crippen MR) is 141 cm³/mol. The molecule has 0 radical (unpaired) electrons. The van der Waals surface area contributed by atoms with Gasteiger partial charge in [0.1, 0.15) is 0 Å². The van der Waals surface area contributed by atoms with Crippen LogP contribution in [0.15, 0.2) is 89.8 Å². The SMILES string of the molecule is CC(Sc1cccc(NC(=O)c2cccc3cccc(C(=O)O)c23)c1)C(=O)Nc1ccccc1Cl. The summed E-state index contributed by atoms with van der Waals surface area (Å²) in [5.74, 6) is -1.72. The molecule has 176 valence electrons. The molecular weight excluding hydrogens is 484 g/mol. The van der Waals surface area contributed by atoms with Crippen molar-refractivity contribution in [2.75, 3.05) is 10.6 Å². The van der Waals surface area contributed by atoms with Gasteiger partial charge < -0.3 is 15.7 Å². The molecule has 4 aromatic carbocycles. The third kappa shape index (κ3) is 5.65. The molecule has 0 bridgehead atoms. The van der Waals surface area contributed by atoms with Crippen LogP contribution in [0.4, 0.5) is 11.4 Å². The highest BCUT2D eigenvalue weighted by Crippen LogP contribution is 2.29. The number of nitrogens with one attached hydrogen (secondary N) is 2. The minimum Gasteiger partial charge on any atom is -0.478 e. The Morgan fingerprint density at radius 3 is 2.26 bits per heavy atom. The summed E-state index contributed by atoms with van der Waals surface area (Å²) in [5.41, 5.74) is 1.41. The molecule has 35 heavy (non-hydrogen) atoms. The largest absolute Gasteiger partial charge is 0.478 e. The molecule has 8 heteroatoms. The highest BCUT2D eigenvalue weighted by molar-refractivity contribution is 8.00. The minimum atomic E-state index is -1.10. The highest BCUT2D eigenvalue weighted by Gasteiger charge is 2.18. The quantitative estimate of drug-likeness (QED) is 0.248. The van der Waals surface area contributed by atoms with E-state index < -0.39 is 17.1 Å². The molecule has 1 unspecified atom stereocenters. The molecule has 3 N–H and O–H groups in total. The fourth-order valence-corrected chi connectivity index (χ4v) is 4.72. The lowest BCUT2D eigenvalue weighted by molar-refractivity contribution is -0.115. The standard InChI is InChI=1S/C27H21ClN2O4S/c1-16(25(31)30-23-14-3-2-13-22(23)28)35-19-10-6-9-18(15-19)29-26(32)20-11-4-7-17-8-5-12-21(24(17)20)27(33)34/h2-16H,1H3,(H,29,32)(H,30,31)(H,33,34). The molecule has 0 saturated heterocycles. The van der Waals surface area contributed by atoms with Crippen LogP contribution in [0, 0.1) is 0 Å². The summed E-state index contributed by atoms with van der Waals surface area (Å²) in [4.78, 5) is 38.2. The number of anilines is 2. The number of benzene rings is 4. The number of carboxylic acid groups (broad SMARTS) is 1. The Hall–Kier alpha value is -3.81. The zero-order chi connectivity index (χ0) is 24.9. The topological polar surface area (TPSA) is 95.5 Å². The van der Waals surface area contributed by atoms with Crippen molar-refractivity contribution in [2.45, 2.75) is 17.1 Å². The average Bonchev–Trinajstić information content (AvgIpc) is 2.84. The number of hydrogen-bond donors (Lipinski definition) is 3. The second-order valence-corrected chi connectivity index (χ2v) is 9.55. The van der Waals surface area contributed by atoms with Crippen molar-refractivity contribution in [2.24, 2.45) is 0 Å². The molecule has 4 rings (SSSR count). The van der Waals surface area contributed by atoms with Crippen molar-refractivity contribution in [1.29, 1.82) is 0 Å². The molecule has 0 aliphatic carbocycles. The molecule has 0 aliphatic rings. The Kier molecular flexibility index (Phi) is 7.39. The van der Waals surface area contributed by atoms with Gasteiger partial charge in [0, 0.05) is 21.5 Å². The Bertz CT molecular complexity index is 1430. The molecule has 0 fully saturated rings. The number of thioether (sulfide) groups is 1. The van der Waals surface area contributed by atoms with E-state index in [9.17, 15) is 19.5 Å². The van der Waals surface area contributed by atoms with Crippen LogP contribution in [0.25, 0.3) is 10.8 Å². The number of rotatable bonds is 7. The number of aromatic carboxylic acids is 1. The summed E-state index contributed by atoms with van der Waals surface area (Å²) in [5, 5.41) is 16.3. The van der Waals surface area contributed by atoms with Crippen molar-refractivity contribution in [3.63, 3.8) is 0 Å². The molecule has 2 amide bonds. The maximum atomic E-state index is 13.1. The van der Waals surface area contributed by atoms with Crippen molar-refractivity contribution in [1.82, 2.24) is 0 Å². The molecule has 0 aromatic heterocycles. The van der Waals surface area contributed by atoms with E-state index in [1.165, 1.54) is 17.8 Å². The summed E-state index contributed by atoms with van der Waals surface area (Å²) >= 11 is 7.46. The van der Waals surface area contributed by atoms with E-state index in [0.29, 0.717) is 27.2 Å². The van der Waals surface area contributed by atoms with Gasteiger partial charge in [-0.25, -0.2) is 4.79 Å². The second kappa shape index (κ2) is 10.6. The third-order valence-corrected chi connectivity index (χ3v) is 6.71. The van der Waals surface area contributed by atoms with Crippen LogP contribution < -0.4 is 10.6 Å². The van der Waals surface area contributed by atoms with E-state index >= 15 is 0 Å². The first-order chi connectivity index (χ1) is 16.8. The zero-order valence-electron chi connectivity index (χ0n) is 18.6. The molecule has 1 atom stereocenters. The van der Waals surface area contributed by atoms with Gasteiger partial charge in [-0.15, -0.1) is 11.8 Å².